The fraction of sp³-hybridized carbons (Fsp3) is 0.500. The fourth-order valence-corrected chi connectivity index (χ4v) is 3.31. The van der Waals surface area contributed by atoms with E-state index < -0.39 is 18.3 Å². The number of piperazine rings is 1. The van der Waals surface area contributed by atoms with Crippen molar-refractivity contribution in [1.29, 1.82) is 0 Å². The van der Waals surface area contributed by atoms with Gasteiger partial charge in [-0.1, -0.05) is 0 Å². The normalized spacial score (nSPS) is 17.7. The summed E-state index contributed by atoms with van der Waals surface area (Å²) in [4.78, 5) is 15.3. The summed E-state index contributed by atoms with van der Waals surface area (Å²) in [5.41, 5.74) is -0.242. The maximum Gasteiger partial charge on any atom is 0.416 e. The van der Waals surface area contributed by atoms with Gasteiger partial charge in [-0.05, 0) is 31.2 Å². The Morgan fingerprint density at radius 2 is 1.92 bits per heavy atom. The summed E-state index contributed by atoms with van der Waals surface area (Å²) in [7, 11) is 0. The average molecular weight is 370 g/mol. The van der Waals surface area contributed by atoms with Crippen molar-refractivity contribution in [2.24, 2.45) is 0 Å². The molecule has 1 aromatic carbocycles. The Kier molecular flexibility index (Phi) is 5.24. The van der Waals surface area contributed by atoms with Crippen LogP contribution < -0.4 is 0 Å². The number of amides is 1. The number of carbonyl (C=O) groups excluding carboxylic acids is 1. The number of halogens is 3. The number of hydrogen-bond donors (Lipinski definition) is 1. The van der Waals surface area contributed by atoms with E-state index in [4.69, 9.17) is 9.52 Å². The molecule has 2 aromatic rings. The Balaban J connectivity index is 1.64. The molecule has 1 atom stereocenters. The summed E-state index contributed by atoms with van der Waals surface area (Å²) in [6, 6.07) is 5.27. The standard InChI is InChI=1S/C18H21F3N2O3/c1-12(22-4-6-23(7-5-22)17(25)11-24)8-15-10-13-9-14(18(19,20)21)2-3-16(13)26-15/h2-3,9-10,12,24H,4-8,11H2,1H3. The molecular formula is C18H21F3N2O3. The van der Waals surface area contributed by atoms with E-state index in [-0.39, 0.29) is 11.9 Å². The maximum atomic E-state index is 12.8. The maximum absolute atomic E-state index is 12.8. The molecule has 1 saturated heterocycles. The van der Waals surface area contributed by atoms with Crippen molar-refractivity contribution in [3.8, 4) is 0 Å². The van der Waals surface area contributed by atoms with Gasteiger partial charge in [-0.3, -0.25) is 9.69 Å². The van der Waals surface area contributed by atoms with Crippen LogP contribution in [0.15, 0.2) is 28.7 Å². The number of nitrogens with zero attached hydrogens (tertiary/aromatic N) is 2. The molecule has 0 bridgehead atoms. The van der Waals surface area contributed by atoms with E-state index in [9.17, 15) is 18.0 Å². The molecule has 0 aliphatic carbocycles. The van der Waals surface area contributed by atoms with E-state index in [1.807, 2.05) is 6.92 Å². The number of carbonyl (C=O) groups is 1. The molecule has 0 saturated carbocycles. The van der Waals surface area contributed by atoms with Crippen LogP contribution in [0.25, 0.3) is 11.0 Å². The number of hydrogen-bond acceptors (Lipinski definition) is 4. The first kappa shape index (κ1) is 18.7. The number of benzene rings is 1. The van der Waals surface area contributed by atoms with E-state index in [0.717, 1.165) is 12.1 Å². The summed E-state index contributed by atoms with van der Waals surface area (Å²) in [5, 5.41) is 9.35. The molecule has 26 heavy (non-hydrogen) atoms. The van der Waals surface area contributed by atoms with Crippen LogP contribution in [0.5, 0.6) is 0 Å². The lowest BCUT2D eigenvalue weighted by molar-refractivity contribution is -0.137. The van der Waals surface area contributed by atoms with Crippen LogP contribution in [0.3, 0.4) is 0 Å². The Morgan fingerprint density at radius 1 is 1.23 bits per heavy atom. The van der Waals surface area contributed by atoms with Gasteiger partial charge in [0.1, 0.15) is 18.0 Å². The average Bonchev–Trinajstić information content (AvgIpc) is 3.01. The number of furan rings is 1. The minimum Gasteiger partial charge on any atom is -0.461 e. The monoisotopic (exact) mass is 370 g/mol. The summed E-state index contributed by atoms with van der Waals surface area (Å²) in [5.74, 6) is 0.371. The van der Waals surface area contributed by atoms with Gasteiger partial charge < -0.3 is 14.4 Å². The number of aliphatic hydroxyl groups excluding tert-OH is 1. The zero-order valence-electron chi connectivity index (χ0n) is 14.4. The zero-order chi connectivity index (χ0) is 18.9. The first-order valence-corrected chi connectivity index (χ1v) is 8.50. The van der Waals surface area contributed by atoms with E-state index in [1.165, 1.54) is 6.07 Å². The molecule has 2 heterocycles. The minimum atomic E-state index is -4.37. The van der Waals surface area contributed by atoms with Crippen molar-refractivity contribution in [3.63, 3.8) is 0 Å². The van der Waals surface area contributed by atoms with Crippen LogP contribution in [0, 0.1) is 0 Å². The molecule has 1 unspecified atom stereocenters. The molecule has 0 spiro atoms. The molecule has 1 aliphatic heterocycles. The van der Waals surface area contributed by atoms with Gasteiger partial charge in [0.25, 0.3) is 0 Å². The molecule has 5 nitrogen and oxygen atoms in total. The quantitative estimate of drug-likeness (QED) is 0.899. The molecule has 8 heteroatoms. The van der Waals surface area contributed by atoms with Gasteiger partial charge in [0.05, 0.1) is 5.56 Å². The van der Waals surface area contributed by atoms with Crippen molar-refractivity contribution in [1.82, 2.24) is 9.80 Å². The van der Waals surface area contributed by atoms with Gasteiger partial charge in [-0.15, -0.1) is 0 Å². The second-order valence-electron chi connectivity index (χ2n) is 6.59. The third kappa shape index (κ3) is 4.02. The third-order valence-corrected chi connectivity index (χ3v) is 4.82. The second kappa shape index (κ2) is 7.28. The summed E-state index contributed by atoms with van der Waals surface area (Å²) in [6.07, 6.45) is -3.80. The molecular weight excluding hydrogens is 349 g/mol. The molecule has 0 radical (unpaired) electrons. The number of aliphatic hydroxyl groups is 1. The molecule has 1 N–H and O–H groups in total. The zero-order valence-corrected chi connectivity index (χ0v) is 14.4. The van der Waals surface area contributed by atoms with Crippen LogP contribution >= 0.6 is 0 Å². The summed E-state index contributed by atoms with van der Waals surface area (Å²) < 4.78 is 44.1. The number of alkyl halides is 3. The largest absolute Gasteiger partial charge is 0.461 e. The van der Waals surface area contributed by atoms with E-state index in [1.54, 1.807) is 11.0 Å². The first-order valence-electron chi connectivity index (χ1n) is 8.50. The summed E-state index contributed by atoms with van der Waals surface area (Å²) >= 11 is 0. The van der Waals surface area contributed by atoms with Gasteiger partial charge in [-0.2, -0.15) is 13.2 Å². The lowest BCUT2D eigenvalue weighted by atomic mass is 10.1. The van der Waals surface area contributed by atoms with Gasteiger partial charge >= 0.3 is 6.18 Å². The topological polar surface area (TPSA) is 56.9 Å². The van der Waals surface area contributed by atoms with Crippen LogP contribution in [-0.2, 0) is 17.4 Å². The van der Waals surface area contributed by atoms with Gasteiger partial charge in [0.2, 0.25) is 5.91 Å². The predicted molar refractivity (Wildman–Crippen MR) is 89.6 cm³/mol. The SMILES string of the molecule is CC(Cc1cc2cc(C(F)(F)F)ccc2o1)N1CCN(C(=O)CO)CC1. The van der Waals surface area contributed by atoms with Crippen LogP contribution in [-0.4, -0.2) is 59.6 Å². The molecule has 1 aromatic heterocycles. The van der Waals surface area contributed by atoms with Crippen LogP contribution in [0.1, 0.15) is 18.2 Å². The fourth-order valence-electron chi connectivity index (χ4n) is 3.31. The Labute approximate surface area is 149 Å². The summed E-state index contributed by atoms with van der Waals surface area (Å²) in [6.45, 7) is 4.03. The van der Waals surface area contributed by atoms with Crippen molar-refractivity contribution in [2.45, 2.75) is 25.6 Å². The van der Waals surface area contributed by atoms with Crippen LogP contribution in [0.2, 0.25) is 0 Å². The van der Waals surface area contributed by atoms with E-state index in [2.05, 4.69) is 4.90 Å². The van der Waals surface area contributed by atoms with Crippen molar-refractivity contribution in [3.05, 3.63) is 35.6 Å². The molecule has 1 fully saturated rings. The molecule has 142 valence electrons. The lowest BCUT2D eigenvalue weighted by Gasteiger charge is -2.37. The third-order valence-electron chi connectivity index (χ3n) is 4.82. The number of fused-ring (bicyclic) bond motifs is 1. The Morgan fingerprint density at radius 3 is 2.54 bits per heavy atom. The van der Waals surface area contributed by atoms with Gasteiger partial charge in [0.15, 0.2) is 0 Å². The van der Waals surface area contributed by atoms with Crippen molar-refractivity contribution in [2.75, 3.05) is 32.8 Å². The van der Waals surface area contributed by atoms with Crippen molar-refractivity contribution < 1.29 is 27.5 Å². The highest BCUT2D eigenvalue weighted by Gasteiger charge is 2.31. The minimum absolute atomic E-state index is 0.129. The van der Waals surface area contributed by atoms with Gasteiger partial charge in [-0.25, -0.2) is 0 Å². The highest BCUT2D eigenvalue weighted by molar-refractivity contribution is 5.79. The Hall–Kier alpha value is -2.06. The number of rotatable bonds is 4. The molecule has 1 aliphatic rings. The second-order valence-corrected chi connectivity index (χ2v) is 6.59. The van der Waals surface area contributed by atoms with Crippen molar-refractivity contribution >= 4 is 16.9 Å². The molecule has 1 amide bonds. The van der Waals surface area contributed by atoms with E-state index >= 15 is 0 Å². The first-order chi connectivity index (χ1) is 12.3. The lowest BCUT2D eigenvalue weighted by Crippen LogP contribution is -2.52. The highest BCUT2D eigenvalue weighted by atomic mass is 19.4. The van der Waals surface area contributed by atoms with Gasteiger partial charge in [0, 0.05) is 44.0 Å². The van der Waals surface area contributed by atoms with Crippen LogP contribution in [0.4, 0.5) is 13.2 Å². The Bertz CT molecular complexity index is 780. The molecule has 3 rings (SSSR count). The highest BCUT2D eigenvalue weighted by Crippen LogP contribution is 2.32. The van der Waals surface area contributed by atoms with E-state index in [0.29, 0.717) is 49.3 Å². The smallest absolute Gasteiger partial charge is 0.416 e. The predicted octanol–water partition coefficient (Wildman–Crippen LogP) is 2.52.